The predicted molar refractivity (Wildman–Crippen MR) is 136 cm³/mol. The Morgan fingerprint density at radius 3 is 2.34 bits per heavy atom. The minimum Gasteiger partial charge on any atom is -0.443 e. The molecule has 178 valence electrons. The van der Waals surface area contributed by atoms with Gasteiger partial charge in [-0.3, -0.25) is 14.4 Å². The fourth-order valence-electron chi connectivity index (χ4n) is 3.50. The zero-order chi connectivity index (χ0) is 24.8. The smallest absolute Gasteiger partial charge is 0.295 e. The molecule has 0 saturated carbocycles. The quantitative estimate of drug-likeness (QED) is 0.273. The zero-order valence-corrected chi connectivity index (χ0v) is 20.7. The van der Waals surface area contributed by atoms with Crippen LogP contribution in [0.5, 0.6) is 0 Å². The average Bonchev–Trinajstić information content (AvgIpc) is 3.26. The second-order valence-electron chi connectivity index (χ2n) is 7.45. The van der Waals surface area contributed by atoms with Gasteiger partial charge < -0.3 is 4.42 Å². The van der Waals surface area contributed by atoms with Crippen molar-refractivity contribution in [2.45, 2.75) is 9.99 Å². The lowest BCUT2D eigenvalue weighted by molar-refractivity contribution is 0.484. The summed E-state index contributed by atoms with van der Waals surface area (Å²) in [7, 11) is -8.42. The lowest BCUT2D eigenvalue weighted by Gasteiger charge is -2.15. The normalized spacial score (nSPS) is 12.2. The van der Waals surface area contributed by atoms with Crippen LogP contribution in [0.3, 0.4) is 0 Å². The highest BCUT2D eigenvalue weighted by atomic mass is 35.5. The first kappa shape index (κ1) is 23.4. The van der Waals surface area contributed by atoms with Crippen LogP contribution < -0.4 is 9.44 Å². The van der Waals surface area contributed by atoms with E-state index in [1.54, 1.807) is 36.4 Å². The second-order valence-corrected chi connectivity index (χ2v) is 11.6. The van der Waals surface area contributed by atoms with Gasteiger partial charge in [0.05, 0.1) is 21.9 Å². The van der Waals surface area contributed by atoms with E-state index < -0.39 is 20.0 Å². The number of para-hydroxylation sites is 1. The molecule has 12 heteroatoms. The molecule has 0 atom stereocenters. The highest BCUT2D eigenvalue weighted by Crippen LogP contribution is 2.33. The molecule has 0 bridgehead atoms. The summed E-state index contributed by atoms with van der Waals surface area (Å²) in [6.45, 7) is 0. The van der Waals surface area contributed by atoms with Crippen molar-refractivity contribution in [1.29, 1.82) is 0 Å². The highest BCUT2D eigenvalue weighted by molar-refractivity contribution is 7.93. The monoisotopic (exact) mass is 547 g/mol. The summed E-state index contributed by atoms with van der Waals surface area (Å²) in [5.41, 5.74) is 0.425. The SMILES string of the molecule is O=S(=O)(Nc1cc(Cl)ccc1NS(=O)(=O)c1ccc(Cl)c2cccnc12)c1cc2ccccc2o1. The van der Waals surface area contributed by atoms with Gasteiger partial charge in [-0.05, 0) is 48.5 Å². The average molecular weight is 548 g/mol. The van der Waals surface area contributed by atoms with Crippen molar-refractivity contribution < 1.29 is 21.3 Å². The largest absolute Gasteiger partial charge is 0.443 e. The molecule has 3 aromatic carbocycles. The molecule has 0 amide bonds. The fraction of sp³-hybridized carbons (Fsp3) is 0. The molecule has 0 fully saturated rings. The van der Waals surface area contributed by atoms with Gasteiger partial charge in [0.15, 0.2) is 0 Å². The number of nitrogens with one attached hydrogen (secondary N) is 2. The third-order valence-electron chi connectivity index (χ3n) is 5.11. The molecule has 35 heavy (non-hydrogen) atoms. The van der Waals surface area contributed by atoms with Gasteiger partial charge in [-0.25, -0.2) is 8.42 Å². The van der Waals surface area contributed by atoms with Crippen molar-refractivity contribution >= 4 is 76.5 Å². The van der Waals surface area contributed by atoms with E-state index in [-0.39, 0.29) is 31.9 Å². The van der Waals surface area contributed by atoms with E-state index in [1.807, 2.05) is 0 Å². The maximum Gasteiger partial charge on any atom is 0.295 e. The maximum atomic E-state index is 13.3. The highest BCUT2D eigenvalue weighted by Gasteiger charge is 2.24. The van der Waals surface area contributed by atoms with Gasteiger partial charge >= 0.3 is 0 Å². The lowest BCUT2D eigenvalue weighted by atomic mass is 10.2. The van der Waals surface area contributed by atoms with Crippen molar-refractivity contribution in [1.82, 2.24) is 4.98 Å². The van der Waals surface area contributed by atoms with E-state index in [1.165, 1.54) is 42.6 Å². The van der Waals surface area contributed by atoms with Crippen molar-refractivity contribution in [2.24, 2.45) is 0 Å². The number of sulfonamides is 2. The van der Waals surface area contributed by atoms with Crippen LogP contribution in [0.4, 0.5) is 11.4 Å². The minimum absolute atomic E-state index is 0.0480. The van der Waals surface area contributed by atoms with Gasteiger partial charge in [0, 0.05) is 28.1 Å². The number of aromatic nitrogens is 1. The predicted octanol–water partition coefficient (Wildman–Crippen LogP) is 5.89. The standard InChI is InChI=1S/C23H15Cl2N3O5S2/c24-15-7-9-18(27-34(29,30)21-10-8-17(25)16-5-3-11-26-23(16)21)19(13-15)28-35(31,32)22-12-14-4-1-2-6-20(14)33-22/h1-13,27-28H. The van der Waals surface area contributed by atoms with E-state index in [2.05, 4.69) is 14.4 Å². The zero-order valence-electron chi connectivity index (χ0n) is 17.6. The molecule has 0 aliphatic rings. The van der Waals surface area contributed by atoms with Crippen LogP contribution in [0, 0.1) is 0 Å². The number of rotatable bonds is 6. The first-order chi connectivity index (χ1) is 16.6. The molecule has 5 aromatic rings. The number of nitrogens with zero attached hydrogens (tertiary/aromatic N) is 1. The Kier molecular flexibility index (Phi) is 5.84. The molecule has 5 rings (SSSR count). The number of halogens is 2. The van der Waals surface area contributed by atoms with Gasteiger partial charge in [0.25, 0.3) is 20.0 Å². The summed E-state index contributed by atoms with van der Waals surface area (Å²) in [4.78, 5) is 4.03. The Morgan fingerprint density at radius 1 is 0.771 bits per heavy atom. The second kappa shape index (κ2) is 8.72. The number of pyridine rings is 1. The number of hydrogen-bond donors (Lipinski definition) is 2. The van der Waals surface area contributed by atoms with E-state index in [9.17, 15) is 16.8 Å². The summed E-state index contributed by atoms with van der Waals surface area (Å²) in [5, 5.41) is 1.26. The molecule has 0 unspecified atom stereocenters. The molecule has 0 aliphatic heterocycles. The van der Waals surface area contributed by atoms with E-state index in [0.717, 1.165) is 0 Å². The number of benzene rings is 3. The summed E-state index contributed by atoms with van der Waals surface area (Å²) in [6, 6.07) is 18.3. The Labute approximate surface area is 210 Å². The van der Waals surface area contributed by atoms with Crippen molar-refractivity contribution in [3.8, 4) is 0 Å². The number of furan rings is 1. The molecule has 2 N–H and O–H groups in total. The Bertz CT molecular complexity index is 1790. The van der Waals surface area contributed by atoms with Crippen LogP contribution in [-0.2, 0) is 20.0 Å². The van der Waals surface area contributed by atoms with Crippen LogP contribution in [0.1, 0.15) is 0 Å². The van der Waals surface area contributed by atoms with Crippen LogP contribution >= 0.6 is 23.2 Å². The van der Waals surface area contributed by atoms with Crippen LogP contribution in [0.25, 0.3) is 21.9 Å². The van der Waals surface area contributed by atoms with Gasteiger partial charge in [-0.15, -0.1) is 0 Å². The van der Waals surface area contributed by atoms with Gasteiger partial charge in [-0.1, -0.05) is 41.4 Å². The molecule has 0 spiro atoms. The minimum atomic E-state index is -4.21. The maximum absolute atomic E-state index is 13.3. The van der Waals surface area contributed by atoms with Crippen molar-refractivity contribution in [3.05, 3.63) is 89.0 Å². The number of hydrogen-bond acceptors (Lipinski definition) is 6. The Balaban J connectivity index is 1.54. The summed E-state index contributed by atoms with van der Waals surface area (Å²) in [5.74, 6) is 0. The van der Waals surface area contributed by atoms with Crippen molar-refractivity contribution in [3.63, 3.8) is 0 Å². The molecular weight excluding hydrogens is 533 g/mol. The van der Waals surface area contributed by atoms with E-state index >= 15 is 0 Å². The Hall–Kier alpha value is -3.31. The van der Waals surface area contributed by atoms with Crippen LogP contribution in [0.2, 0.25) is 10.0 Å². The Morgan fingerprint density at radius 2 is 1.54 bits per heavy atom. The fourth-order valence-corrected chi connectivity index (χ4v) is 6.17. The summed E-state index contributed by atoms with van der Waals surface area (Å²) < 4.78 is 62.9. The number of fused-ring (bicyclic) bond motifs is 2. The van der Waals surface area contributed by atoms with Crippen LogP contribution in [-0.4, -0.2) is 21.8 Å². The molecule has 0 aliphatic carbocycles. The van der Waals surface area contributed by atoms with Gasteiger partial charge in [0.1, 0.15) is 10.5 Å². The summed E-state index contributed by atoms with van der Waals surface area (Å²) >= 11 is 12.3. The van der Waals surface area contributed by atoms with Crippen molar-refractivity contribution in [2.75, 3.05) is 9.44 Å². The number of anilines is 2. The molecule has 8 nitrogen and oxygen atoms in total. The lowest BCUT2D eigenvalue weighted by Crippen LogP contribution is -2.17. The van der Waals surface area contributed by atoms with Crippen LogP contribution in [0.15, 0.2) is 93.4 Å². The first-order valence-corrected chi connectivity index (χ1v) is 13.7. The summed E-state index contributed by atoms with van der Waals surface area (Å²) in [6.07, 6.45) is 1.45. The molecule has 2 aromatic heterocycles. The van der Waals surface area contributed by atoms with E-state index in [0.29, 0.717) is 21.4 Å². The molecule has 2 heterocycles. The van der Waals surface area contributed by atoms with Gasteiger partial charge in [-0.2, -0.15) is 8.42 Å². The third kappa shape index (κ3) is 4.53. The van der Waals surface area contributed by atoms with E-state index in [4.69, 9.17) is 27.6 Å². The molecule has 0 saturated heterocycles. The third-order valence-corrected chi connectivity index (χ3v) is 8.29. The molecule has 0 radical (unpaired) electrons. The topological polar surface area (TPSA) is 118 Å². The first-order valence-electron chi connectivity index (χ1n) is 10.0. The van der Waals surface area contributed by atoms with Gasteiger partial charge in [0.2, 0.25) is 5.09 Å². The molecular formula is C23H15Cl2N3O5S2.